The van der Waals surface area contributed by atoms with Gasteiger partial charge in [0.15, 0.2) is 0 Å². The molecule has 0 radical (unpaired) electrons. The molecular weight excluding hydrogens is 414 g/mol. The topological polar surface area (TPSA) is 66.8 Å². The number of hydrogen-bond acceptors (Lipinski definition) is 4. The predicted octanol–water partition coefficient (Wildman–Crippen LogP) is 5.12. The van der Waals surface area contributed by atoms with Crippen molar-refractivity contribution in [3.05, 3.63) is 76.9 Å². The number of fused-ring (bicyclic) bond motifs is 3. The van der Waals surface area contributed by atoms with E-state index in [1.165, 1.54) is 16.0 Å². The zero-order valence-electron chi connectivity index (χ0n) is 19.0. The van der Waals surface area contributed by atoms with E-state index in [-0.39, 0.29) is 41.4 Å². The molecule has 2 aromatic carbocycles. The fourth-order valence-electron chi connectivity index (χ4n) is 5.77. The van der Waals surface area contributed by atoms with E-state index in [0.29, 0.717) is 18.7 Å². The summed E-state index contributed by atoms with van der Waals surface area (Å²) in [5.74, 6) is -0.555. The fraction of sp³-hybridized carbons (Fsp3) is 0.357. The van der Waals surface area contributed by atoms with Crippen molar-refractivity contribution in [1.82, 2.24) is 0 Å². The summed E-state index contributed by atoms with van der Waals surface area (Å²) in [5, 5.41) is 10.0. The van der Waals surface area contributed by atoms with E-state index in [4.69, 9.17) is 4.74 Å². The first kappa shape index (κ1) is 21.7. The minimum Gasteiger partial charge on any atom is -0.507 e. The summed E-state index contributed by atoms with van der Waals surface area (Å²) in [4.78, 5) is 28.0. The molecule has 3 aliphatic rings. The lowest BCUT2D eigenvalue weighted by atomic mass is 9.70. The Morgan fingerprint density at radius 1 is 1.06 bits per heavy atom. The van der Waals surface area contributed by atoms with E-state index >= 15 is 0 Å². The van der Waals surface area contributed by atoms with Crippen LogP contribution in [-0.4, -0.2) is 29.6 Å². The van der Waals surface area contributed by atoms with Crippen LogP contribution in [0.25, 0.3) is 6.08 Å². The molecule has 4 atom stereocenters. The summed E-state index contributed by atoms with van der Waals surface area (Å²) in [6.07, 6.45) is 4.26. The van der Waals surface area contributed by atoms with Gasteiger partial charge in [-0.1, -0.05) is 53.6 Å². The predicted molar refractivity (Wildman–Crippen MR) is 127 cm³/mol. The zero-order valence-corrected chi connectivity index (χ0v) is 19.0. The first-order chi connectivity index (χ1) is 16.0. The third-order valence-corrected chi connectivity index (χ3v) is 7.31. The maximum Gasteiger partial charge on any atom is 0.238 e. The highest BCUT2D eigenvalue weighted by Crippen LogP contribution is 2.50. The number of amides is 2. The van der Waals surface area contributed by atoms with E-state index in [1.54, 1.807) is 6.07 Å². The lowest BCUT2D eigenvalue weighted by molar-refractivity contribution is -0.122. The molecule has 5 heteroatoms. The smallest absolute Gasteiger partial charge is 0.238 e. The fourth-order valence-corrected chi connectivity index (χ4v) is 5.77. The lowest BCUT2D eigenvalue weighted by Crippen LogP contribution is -2.34. The molecule has 0 saturated carbocycles. The number of anilines is 1. The molecular formula is C28H29NO4. The molecule has 2 aromatic rings. The van der Waals surface area contributed by atoms with E-state index in [2.05, 4.69) is 13.8 Å². The van der Waals surface area contributed by atoms with E-state index in [9.17, 15) is 14.7 Å². The molecule has 170 valence electrons. The van der Waals surface area contributed by atoms with Crippen LogP contribution in [0.1, 0.15) is 38.7 Å². The van der Waals surface area contributed by atoms with Gasteiger partial charge in [-0.25, -0.2) is 0 Å². The van der Waals surface area contributed by atoms with Crippen LogP contribution >= 0.6 is 0 Å². The molecule has 1 aliphatic carbocycles. The Balaban J connectivity index is 1.33. The van der Waals surface area contributed by atoms with E-state index in [1.807, 2.05) is 54.6 Å². The molecule has 2 aliphatic heterocycles. The average Bonchev–Trinajstić information content (AvgIpc) is 3.34. The van der Waals surface area contributed by atoms with Gasteiger partial charge in [-0.3, -0.25) is 14.5 Å². The van der Waals surface area contributed by atoms with Crippen LogP contribution in [-0.2, 0) is 14.3 Å². The second-order valence-corrected chi connectivity index (χ2v) is 9.44. The number of para-hydroxylation sites is 2. The van der Waals surface area contributed by atoms with Crippen LogP contribution in [0.15, 0.2) is 71.3 Å². The SMILES string of the molecule is CC1=C2[C@@H](CC/C(C)=C/c3ccccc3O)OC[C@@H]2[C@@H]2C(=O)N(c3ccccc3)C(=O)[C@@H]2C1. The molecule has 0 spiro atoms. The summed E-state index contributed by atoms with van der Waals surface area (Å²) < 4.78 is 6.21. The van der Waals surface area contributed by atoms with Gasteiger partial charge in [0, 0.05) is 11.5 Å². The molecule has 0 unspecified atom stereocenters. The third-order valence-electron chi connectivity index (χ3n) is 7.31. The highest BCUT2D eigenvalue weighted by atomic mass is 16.5. The molecule has 5 nitrogen and oxygen atoms in total. The van der Waals surface area contributed by atoms with Crippen LogP contribution < -0.4 is 4.90 Å². The first-order valence-corrected chi connectivity index (χ1v) is 11.6. The van der Waals surface area contributed by atoms with Crippen molar-refractivity contribution in [1.29, 1.82) is 0 Å². The van der Waals surface area contributed by atoms with Crippen LogP contribution in [0.2, 0.25) is 0 Å². The number of rotatable bonds is 5. The van der Waals surface area contributed by atoms with Gasteiger partial charge in [-0.15, -0.1) is 0 Å². The number of carbonyl (C=O) groups excluding carboxylic acids is 2. The van der Waals surface area contributed by atoms with Gasteiger partial charge in [0.25, 0.3) is 0 Å². The Hall–Kier alpha value is -3.18. The molecule has 0 bridgehead atoms. The molecule has 2 saturated heterocycles. The molecule has 2 heterocycles. The molecule has 5 rings (SSSR count). The Morgan fingerprint density at radius 3 is 2.55 bits per heavy atom. The normalized spacial score (nSPS) is 27.2. The number of nitrogens with zero attached hydrogens (tertiary/aromatic N) is 1. The number of aromatic hydroxyl groups is 1. The number of phenols is 1. The number of phenolic OH excluding ortho intramolecular Hbond substituents is 1. The van der Waals surface area contributed by atoms with Crippen molar-refractivity contribution in [3.8, 4) is 5.75 Å². The van der Waals surface area contributed by atoms with Gasteiger partial charge in [0.1, 0.15) is 5.75 Å². The minimum absolute atomic E-state index is 0.0265. The van der Waals surface area contributed by atoms with Gasteiger partial charge < -0.3 is 9.84 Å². The highest BCUT2D eigenvalue weighted by molar-refractivity contribution is 6.22. The maximum absolute atomic E-state index is 13.4. The van der Waals surface area contributed by atoms with E-state index in [0.717, 1.165) is 24.0 Å². The van der Waals surface area contributed by atoms with Crippen molar-refractivity contribution >= 4 is 23.6 Å². The monoisotopic (exact) mass is 443 g/mol. The molecule has 33 heavy (non-hydrogen) atoms. The Morgan fingerprint density at radius 2 is 1.79 bits per heavy atom. The summed E-state index contributed by atoms with van der Waals surface area (Å²) >= 11 is 0. The number of allylic oxidation sites excluding steroid dienone is 2. The van der Waals surface area contributed by atoms with Gasteiger partial charge in [0.05, 0.1) is 30.2 Å². The average molecular weight is 444 g/mol. The minimum atomic E-state index is -0.334. The number of benzene rings is 2. The largest absolute Gasteiger partial charge is 0.507 e. The maximum atomic E-state index is 13.4. The number of ether oxygens (including phenoxy) is 1. The van der Waals surface area contributed by atoms with Crippen LogP contribution in [0.5, 0.6) is 5.75 Å². The summed E-state index contributed by atoms with van der Waals surface area (Å²) in [6, 6.07) is 16.5. The molecule has 0 aromatic heterocycles. The second-order valence-electron chi connectivity index (χ2n) is 9.44. The van der Waals surface area contributed by atoms with Crippen molar-refractivity contribution in [2.45, 2.75) is 39.2 Å². The third kappa shape index (κ3) is 3.80. The van der Waals surface area contributed by atoms with Crippen molar-refractivity contribution in [3.63, 3.8) is 0 Å². The molecule has 2 fully saturated rings. The van der Waals surface area contributed by atoms with Crippen LogP contribution in [0.3, 0.4) is 0 Å². The Labute approximate surface area is 194 Å². The Kier molecular flexibility index (Phi) is 5.67. The van der Waals surface area contributed by atoms with Gasteiger partial charge in [-0.05, 0) is 56.9 Å². The molecule has 1 N–H and O–H groups in total. The highest BCUT2D eigenvalue weighted by Gasteiger charge is 2.56. The lowest BCUT2D eigenvalue weighted by Gasteiger charge is -2.30. The summed E-state index contributed by atoms with van der Waals surface area (Å²) in [6.45, 7) is 4.64. The number of hydrogen-bond donors (Lipinski definition) is 1. The summed E-state index contributed by atoms with van der Waals surface area (Å²) in [5.41, 5.74) is 5.05. The van der Waals surface area contributed by atoms with E-state index < -0.39 is 0 Å². The number of carbonyl (C=O) groups is 2. The van der Waals surface area contributed by atoms with Crippen molar-refractivity contribution < 1.29 is 19.4 Å². The van der Waals surface area contributed by atoms with Gasteiger partial charge in [0.2, 0.25) is 11.8 Å². The zero-order chi connectivity index (χ0) is 23.1. The van der Waals surface area contributed by atoms with Crippen molar-refractivity contribution in [2.75, 3.05) is 11.5 Å². The molecule has 2 amide bonds. The summed E-state index contributed by atoms with van der Waals surface area (Å²) in [7, 11) is 0. The van der Waals surface area contributed by atoms with Crippen molar-refractivity contribution in [2.24, 2.45) is 17.8 Å². The standard InChI is InChI=1S/C28H29NO4/c1-17(14-19-8-6-7-11-23(19)30)12-13-24-25-18(2)15-21-26(22(25)16-33-24)28(32)29(27(21)31)20-9-4-3-5-10-20/h3-11,14,21-22,24,26,30H,12-13,15-16H2,1-2H3/b17-14+/t21-,22+,24-,26-/m1/s1. The van der Waals surface area contributed by atoms with Gasteiger partial charge >= 0.3 is 0 Å². The van der Waals surface area contributed by atoms with Gasteiger partial charge in [-0.2, -0.15) is 0 Å². The van der Waals surface area contributed by atoms with Crippen LogP contribution in [0, 0.1) is 17.8 Å². The number of imide groups is 1. The first-order valence-electron chi connectivity index (χ1n) is 11.6. The van der Waals surface area contributed by atoms with Crippen LogP contribution in [0.4, 0.5) is 5.69 Å². The second kappa shape index (κ2) is 8.64. The Bertz CT molecular complexity index is 1150. The quantitative estimate of drug-likeness (QED) is 0.515.